The van der Waals surface area contributed by atoms with Crippen molar-refractivity contribution in [2.24, 2.45) is 0 Å². The lowest BCUT2D eigenvalue weighted by Crippen LogP contribution is -2.46. The molecule has 3 heteroatoms. The van der Waals surface area contributed by atoms with E-state index in [0.29, 0.717) is 6.04 Å². The van der Waals surface area contributed by atoms with Gasteiger partial charge >= 0.3 is 0 Å². The summed E-state index contributed by atoms with van der Waals surface area (Å²) in [6, 6.07) is 0.346. The first kappa shape index (κ1) is 10.5. The van der Waals surface area contributed by atoms with Crippen molar-refractivity contribution in [2.75, 3.05) is 7.05 Å². The monoisotopic (exact) mass is 185 g/mol. The quantitative estimate of drug-likeness (QED) is 0.701. The Bertz CT molecular complexity index is 190. The molecule has 76 valence electrons. The van der Waals surface area contributed by atoms with Crippen LogP contribution < -0.4 is 0 Å². The molecule has 0 radical (unpaired) electrons. The van der Waals surface area contributed by atoms with Crippen molar-refractivity contribution in [1.82, 2.24) is 4.90 Å². The van der Waals surface area contributed by atoms with Crippen LogP contribution in [0.3, 0.4) is 0 Å². The van der Waals surface area contributed by atoms with E-state index < -0.39 is 5.60 Å². The summed E-state index contributed by atoms with van der Waals surface area (Å²) >= 11 is 0. The minimum absolute atomic E-state index is 0.167. The van der Waals surface area contributed by atoms with E-state index in [-0.39, 0.29) is 5.91 Å². The second-order valence-electron chi connectivity index (χ2n) is 4.41. The maximum absolute atomic E-state index is 11.6. The minimum atomic E-state index is -1.22. The molecule has 3 nitrogen and oxygen atoms in total. The lowest BCUT2D eigenvalue weighted by atomic mass is 10.1. The molecule has 0 heterocycles. The van der Waals surface area contributed by atoms with Crippen LogP contribution in [-0.4, -0.2) is 34.6 Å². The predicted molar refractivity (Wildman–Crippen MR) is 51.3 cm³/mol. The van der Waals surface area contributed by atoms with Gasteiger partial charge in [0.2, 0.25) is 0 Å². The summed E-state index contributed by atoms with van der Waals surface area (Å²) in [6.07, 6.45) is 4.57. The Hall–Kier alpha value is -0.570. The molecule has 0 bridgehead atoms. The van der Waals surface area contributed by atoms with Crippen LogP contribution in [0.1, 0.15) is 39.5 Å². The third-order valence-corrected chi connectivity index (χ3v) is 2.72. The van der Waals surface area contributed by atoms with Crippen LogP contribution in [0.4, 0.5) is 0 Å². The summed E-state index contributed by atoms with van der Waals surface area (Å²) in [5, 5.41) is 9.53. The first-order valence-corrected chi connectivity index (χ1v) is 4.92. The molecule has 0 atom stereocenters. The van der Waals surface area contributed by atoms with Gasteiger partial charge in [0.05, 0.1) is 0 Å². The van der Waals surface area contributed by atoms with Crippen LogP contribution in [0.25, 0.3) is 0 Å². The second-order valence-corrected chi connectivity index (χ2v) is 4.41. The van der Waals surface area contributed by atoms with E-state index in [0.717, 1.165) is 12.8 Å². The molecule has 13 heavy (non-hydrogen) atoms. The number of likely N-dealkylation sites (N-methyl/N-ethyl adjacent to an activating group) is 1. The Kier molecular flexibility index (Phi) is 2.96. The SMILES string of the molecule is CN(C(=O)C(C)(C)O)C1CCCC1. The first-order valence-electron chi connectivity index (χ1n) is 4.92. The smallest absolute Gasteiger partial charge is 0.253 e. The van der Waals surface area contributed by atoms with Crippen molar-refractivity contribution in [2.45, 2.75) is 51.2 Å². The standard InChI is InChI=1S/C10H19NO2/c1-10(2,13)9(12)11(3)8-6-4-5-7-8/h8,13H,4-7H2,1-3H3. The molecule has 1 aliphatic rings. The average Bonchev–Trinajstić information content (AvgIpc) is 2.51. The van der Waals surface area contributed by atoms with Gasteiger partial charge in [-0.25, -0.2) is 0 Å². The molecular weight excluding hydrogens is 166 g/mol. The van der Waals surface area contributed by atoms with Gasteiger partial charge in [-0.05, 0) is 26.7 Å². The summed E-state index contributed by atoms with van der Waals surface area (Å²) in [5.74, 6) is -0.167. The lowest BCUT2D eigenvalue weighted by molar-refractivity contribution is -0.148. The fourth-order valence-electron chi connectivity index (χ4n) is 1.89. The van der Waals surface area contributed by atoms with Gasteiger partial charge in [0.1, 0.15) is 5.60 Å². The zero-order valence-corrected chi connectivity index (χ0v) is 8.71. The van der Waals surface area contributed by atoms with Crippen LogP contribution in [0.2, 0.25) is 0 Å². The number of carbonyl (C=O) groups is 1. The summed E-state index contributed by atoms with van der Waals surface area (Å²) in [5.41, 5.74) is -1.22. The molecule has 1 N–H and O–H groups in total. The number of carbonyl (C=O) groups excluding carboxylic acids is 1. The van der Waals surface area contributed by atoms with E-state index in [1.807, 2.05) is 0 Å². The average molecular weight is 185 g/mol. The number of amides is 1. The van der Waals surface area contributed by atoms with Crippen LogP contribution in [0.5, 0.6) is 0 Å². The van der Waals surface area contributed by atoms with Gasteiger partial charge in [-0.1, -0.05) is 12.8 Å². The topological polar surface area (TPSA) is 40.5 Å². The third-order valence-electron chi connectivity index (χ3n) is 2.72. The highest BCUT2D eigenvalue weighted by molar-refractivity contribution is 5.84. The Morgan fingerprint density at radius 2 is 1.85 bits per heavy atom. The van der Waals surface area contributed by atoms with Gasteiger partial charge in [0.25, 0.3) is 5.91 Å². The minimum Gasteiger partial charge on any atom is -0.381 e. The van der Waals surface area contributed by atoms with Gasteiger partial charge in [-0.15, -0.1) is 0 Å². The van der Waals surface area contributed by atoms with Gasteiger partial charge in [-0.2, -0.15) is 0 Å². The van der Waals surface area contributed by atoms with Crippen molar-refractivity contribution >= 4 is 5.91 Å². The maximum atomic E-state index is 11.6. The summed E-state index contributed by atoms with van der Waals surface area (Å²) in [6.45, 7) is 3.08. The van der Waals surface area contributed by atoms with Gasteiger partial charge in [-0.3, -0.25) is 4.79 Å². The zero-order chi connectivity index (χ0) is 10.1. The highest BCUT2D eigenvalue weighted by Gasteiger charge is 2.32. The molecule has 0 unspecified atom stereocenters. The number of aliphatic hydroxyl groups is 1. The highest BCUT2D eigenvalue weighted by atomic mass is 16.3. The van der Waals surface area contributed by atoms with Crippen molar-refractivity contribution < 1.29 is 9.90 Å². The van der Waals surface area contributed by atoms with Crippen molar-refractivity contribution in [1.29, 1.82) is 0 Å². The summed E-state index contributed by atoms with van der Waals surface area (Å²) < 4.78 is 0. The molecule has 1 aliphatic carbocycles. The molecule has 0 aromatic rings. The van der Waals surface area contributed by atoms with Crippen LogP contribution >= 0.6 is 0 Å². The zero-order valence-electron chi connectivity index (χ0n) is 8.71. The van der Waals surface area contributed by atoms with Crippen molar-refractivity contribution in [3.8, 4) is 0 Å². The highest BCUT2D eigenvalue weighted by Crippen LogP contribution is 2.24. The molecule has 0 aromatic heterocycles. The predicted octanol–water partition coefficient (Wildman–Crippen LogP) is 1.16. The van der Waals surface area contributed by atoms with Crippen molar-refractivity contribution in [3.05, 3.63) is 0 Å². The molecule has 0 spiro atoms. The third kappa shape index (κ3) is 2.44. The fourth-order valence-corrected chi connectivity index (χ4v) is 1.89. The van der Waals surface area contributed by atoms with E-state index in [4.69, 9.17) is 0 Å². The van der Waals surface area contributed by atoms with E-state index in [9.17, 15) is 9.90 Å². The number of hydrogen-bond donors (Lipinski definition) is 1. The van der Waals surface area contributed by atoms with Crippen molar-refractivity contribution in [3.63, 3.8) is 0 Å². The molecule has 1 rings (SSSR count). The van der Waals surface area contributed by atoms with Gasteiger partial charge in [0, 0.05) is 13.1 Å². The Morgan fingerprint density at radius 3 is 2.23 bits per heavy atom. The van der Waals surface area contributed by atoms with E-state index in [2.05, 4.69) is 0 Å². The molecule has 0 saturated heterocycles. The van der Waals surface area contributed by atoms with Crippen LogP contribution in [0.15, 0.2) is 0 Å². The summed E-state index contributed by atoms with van der Waals surface area (Å²) in [7, 11) is 1.79. The van der Waals surface area contributed by atoms with E-state index in [1.165, 1.54) is 12.8 Å². The van der Waals surface area contributed by atoms with Gasteiger partial charge in [0.15, 0.2) is 0 Å². The van der Waals surface area contributed by atoms with E-state index >= 15 is 0 Å². The number of hydrogen-bond acceptors (Lipinski definition) is 2. The molecule has 0 aromatic carbocycles. The number of rotatable bonds is 2. The largest absolute Gasteiger partial charge is 0.381 e. The molecule has 1 amide bonds. The Labute approximate surface area is 79.7 Å². The Morgan fingerprint density at radius 1 is 1.38 bits per heavy atom. The molecule has 1 fully saturated rings. The molecule has 1 saturated carbocycles. The first-order chi connectivity index (χ1) is 5.93. The second kappa shape index (κ2) is 3.66. The lowest BCUT2D eigenvalue weighted by Gasteiger charge is -2.29. The molecular formula is C10H19NO2. The van der Waals surface area contributed by atoms with Crippen LogP contribution in [-0.2, 0) is 4.79 Å². The van der Waals surface area contributed by atoms with Crippen LogP contribution in [0, 0.1) is 0 Å². The van der Waals surface area contributed by atoms with E-state index in [1.54, 1.807) is 25.8 Å². The maximum Gasteiger partial charge on any atom is 0.253 e. The number of nitrogens with zero attached hydrogens (tertiary/aromatic N) is 1. The normalized spacial score (nSPS) is 19.1. The Balaban J connectivity index is 2.56. The fraction of sp³-hybridized carbons (Fsp3) is 0.900. The molecule has 0 aliphatic heterocycles. The summed E-state index contributed by atoms with van der Waals surface area (Å²) in [4.78, 5) is 13.3. The van der Waals surface area contributed by atoms with Gasteiger partial charge < -0.3 is 10.0 Å².